The van der Waals surface area contributed by atoms with Gasteiger partial charge in [-0.25, -0.2) is 0 Å². The van der Waals surface area contributed by atoms with E-state index in [2.05, 4.69) is 33.0 Å². The van der Waals surface area contributed by atoms with Crippen LogP contribution < -0.4 is 5.32 Å². The summed E-state index contributed by atoms with van der Waals surface area (Å²) in [5, 5.41) is 3.90. The average molecular weight is 239 g/mol. The highest BCUT2D eigenvalue weighted by molar-refractivity contribution is 5.12. The van der Waals surface area contributed by atoms with Gasteiger partial charge >= 0.3 is 0 Å². The van der Waals surface area contributed by atoms with Gasteiger partial charge in [-0.15, -0.1) is 0 Å². The Hall–Kier alpha value is -0.0800. The molecule has 2 aliphatic carbocycles. The maximum atomic E-state index is 5.18. The summed E-state index contributed by atoms with van der Waals surface area (Å²) in [4.78, 5) is 0. The molecule has 2 rings (SSSR count). The van der Waals surface area contributed by atoms with E-state index in [1.54, 1.807) is 7.11 Å². The van der Waals surface area contributed by atoms with Crippen LogP contribution in [-0.2, 0) is 4.74 Å². The van der Waals surface area contributed by atoms with Gasteiger partial charge in [0.15, 0.2) is 0 Å². The van der Waals surface area contributed by atoms with Crippen LogP contribution in [0.4, 0.5) is 0 Å². The van der Waals surface area contributed by atoms with Crippen molar-refractivity contribution in [2.75, 3.05) is 13.7 Å². The quantitative estimate of drug-likeness (QED) is 0.795. The summed E-state index contributed by atoms with van der Waals surface area (Å²) in [6.07, 6.45) is 5.39. The molecule has 1 N–H and O–H groups in total. The second-order valence-corrected chi connectivity index (χ2v) is 7.20. The molecule has 2 saturated carbocycles. The smallest absolute Gasteiger partial charge is 0.0476 e. The minimum absolute atomic E-state index is 0.467. The first kappa shape index (κ1) is 13.4. The molecule has 0 amide bonds. The van der Waals surface area contributed by atoms with Crippen molar-refractivity contribution in [1.82, 2.24) is 5.32 Å². The number of ether oxygens (including phenoxy) is 1. The molecule has 2 fully saturated rings. The Morgan fingerprint density at radius 2 is 2.06 bits per heavy atom. The Labute approximate surface area is 107 Å². The van der Waals surface area contributed by atoms with Crippen LogP contribution >= 0.6 is 0 Å². The first-order chi connectivity index (χ1) is 7.90. The molecular weight excluding hydrogens is 210 g/mol. The molecule has 0 heterocycles. The Morgan fingerprint density at radius 3 is 2.59 bits per heavy atom. The van der Waals surface area contributed by atoms with Crippen LogP contribution in [0.2, 0.25) is 0 Å². The van der Waals surface area contributed by atoms with Crippen LogP contribution in [-0.4, -0.2) is 25.8 Å². The SMILES string of the molecule is COCCC(C)NC1C2(C)CCC(C2)C1(C)C. The van der Waals surface area contributed by atoms with Gasteiger partial charge in [0.1, 0.15) is 0 Å². The first-order valence-corrected chi connectivity index (χ1v) is 7.15. The van der Waals surface area contributed by atoms with Crippen molar-refractivity contribution in [3.05, 3.63) is 0 Å². The van der Waals surface area contributed by atoms with Gasteiger partial charge in [-0.3, -0.25) is 0 Å². The van der Waals surface area contributed by atoms with Crippen LogP contribution in [0.15, 0.2) is 0 Å². The minimum Gasteiger partial charge on any atom is -0.385 e. The van der Waals surface area contributed by atoms with Gasteiger partial charge in [0.05, 0.1) is 0 Å². The summed E-state index contributed by atoms with van der Waals surface area (Å²) in [7, 11) is 1.79. The van der Waals surface area contributed by atoms with E-state index in [1.807, 2.05) is 0 Å². The van der Waals surface area contributed by atoms with Gasteiger partial charge in [0.2, 0.25) is 0 Å². The predicted molar refractivity (Wildman–Crippen MR) is 72.1 cm³/mol. The topological polar surface area (TPSA) is 21.3 Å². The van der Waals surface area contributed by atoms with Crippen molar-refractivity contribution >= 4 is 0 Å². The van der Waals surface area contributed by atoms with Gasteiger partial charge in [0, 0.05) is 25.8 Å². The monoisotopic (exact) mass is 239 g/mol. The highest BCUT2D eigenvalue weighted by atomic mass is 16.5. The molecule has 0 radical (unpaired) electrons. The van der Waals surface area contributed by atoms with Crippen molar-refractivity contribution in [3.63, 3.8) is 0 Å². The zero-order valence-corrected chi connectivity index (χ0v) is 12.2. The van der Waals surface area contributed by atoms with E-state index in [-0.39, 0.29) is 0 Å². The Balaban J connectivity index is 2.00. The van der Waals surface area contributed by atoms with Crippen LogP contribution in [0.3, 0.4) is 0 Å². The maximum absolute atomic E-state index is 5.18. The summed E-state index contributed by atoms with van der Waals surface area (Å²) in [5.41, 5.74) is 1.00. The van der Waals surface area contributed by atoms with Crippen molar-refractivity contribution in [2.45, 2.75) is 65.5 Å². The van der Waals surface area contributed by atoms with E-state index in [4.69, 9.17) is 4.74 Å². The molecule has 2 bridgehead atoms. The van der Waals surface area contributed by atoms with Crippen molar-refractivity contribution < 1.29 is 4.74 Å². The van der Waals surface area contributed by atoms with Crippen molar-refractivity contribution in [2.24, 2.45) is 16.7 Å². The van der Waals surface area contributed by atoms with Crippen LogP contribution in [0.1, 0.15) is 53.4 Å². The Morgan fingerprint density at radius 1 is 1.35 bits per heavy atom. The highest BCUT2D eigenvalue weighted by Crippen LogP contribution is 2.62. The first-order valence-electron chi connectivity index (χ1n) is 7.15. The largest absolute Gasteiger partial charge is 0.385 e. The maximum Gasteiger partial charge on any atom is 0.0476 e. The molecule has 100 valence electrons. The summed E-state index contributed by atoms with van der Waals surface area (Å²) >= 11 is 0. The number of hydrogen-bond donors (Lipinski definition) is 1. The lowest BCUT2D eigenvalue weighted by Gasteiger charge is -2.44. The minimum atomic E-state index is 0.467. The summed E-state index contributed by atoms with van der Waals surface area (Å²) < 4.78 is 5.18. The molecule has 2 nitrogen and oxygen atoms in total. The van der Waals surface area contributed by atoms with Gasteiger partial charge in [-0.05, 0) is 49.4 Å². The van der Waals surface area contributed by atoms with Crippen molar-refractivity contribution in [3.8, 4) is 0 Å². The third-order valence-electron chi connectivity index (χ3n) is 5.48. The third kappa shape index (κ3) is 2.26. The fourth-order valence-corrected chi connectivity index (χ4v) is 4.38. The molecule has 0 aliphatic heterocycles. The molecule has 0 aromatic heterocycles. The van der Waals surface area contributed by atoms with Crippen molar-refractivity contribution in [1.29, 1.82) is 0 Å². The lowest BCUT2D eigenvalue weighted by molar-refractivity contribution is 0.0932. The number of hydrogen-bond acceptors (Lipinski definition) is 2. The van der Waals surface area contributed by atoms with Crippen LogP contribution in [0.25, 0.3) is 0 Å². The molecular formula is C15H29NO. The van der Waals surface area contributed by atoms with Gasteiger partial charge in [-0.1, -0.05) is 20.8 Å². The van der Waals surface area contributed by atoms with E-state index in [9.17, 15) is 0 Å². The van der Waals surface area contributed by atoms with Gasteiger partial charge in [-0.2, -0.15) is 0 Å². The molecule has 2 aliphatic rings. The number of nitrogens with one attached hydrogen (secondary N) is 1. The highest BCUT2D eigenvalue weighted by Gasteiger charge is 2.59. The van der Waals surface area contributed by atoms with Crippen LogP contribution in [0.5, 0.6) is 0 Å². The molecule has 2 heteroatoms. The molecule has 0 aromatic rings. The molecule has 17 heavy (non-hydrogen) atoms. The zero-order chi connectivity index (χ0) is 12.7. The lowest BCUT2D eigenvalue weighted by atomic mass is 9.68. The van der Waals surface area contributed by atoms with Crippen LogP contribution in [0, 0.1) is 16.7 Å². The molecule has 4 unspecified atom stereocenters. The number of rotatable bonds is 5. The van der Waals surface area contributed by atoms with Gasteiger partial charge in [0.25, 0.3) is 0 Å². The second kappa shape index (κ2) is 4.55. The van der Waals surface area contributed by atoms with Gasteiger partial charge < -0.3 is 10.1 Å². The number of methoxy groups -OCH3 is 1. The summed E-state index contributed by atoms with van der Waals surface area (Å²) in [6, 6.07) is 1.25. The average Bonchev–Trinajstić information content (AvgIpc) is 2.73. The summed E-state index contributed by atoms with van der Waals surface area (Å²) in [6.45, 7) is 10.6. The second-order valence-electron chi connectivity index (χ2n) is 7.20. The fourth-order valence-electron chi connectivity index (χ4n) is 4.38. The van der Waals surface area contributed by atoms with E-state index < -0.39 is 0 Å². The number of fused-ring (bicyclic) bond motifs is 2. The predicted octanol–water partition coefficient (Wildman–Crippen LogP) is 3.22. The summed E-state index contributed by atoms with van der Waals surface area (Å²) in [5.74, 6) is 0.930. The lowest BCUT2D eigenvalue weighted by Crippen LogP contribution is -2.53. The fraction of sp³-hybridized carbons (Fsp3) is 1.00. The molecule has 4 atom stereocenters. The molecule has 0 aromatic carbocycles. The van der Waals surface area contributed by atoms with E-state index in [0.717, 1.165) is 18.9 Å². The Bertz CT molecular complexity index is 271. The normalized spacial score (nSPS) is 40.8. The van der Waals surface area contributed by atoms with E-state index >= 15 is 0 Å². The van der Waals surface area contributed by atoms with E-state index in [0.29, 0.717) is 22.9 Å². The third-order valence-corrected chi connectivity index (χ3v) is 5.48. The zero-order valence-electron chi connectivity index (χ0n) is 12.2. The molecule has 0 saturated heterocycles. The Kier molecular flexibility index (Phi) is 3.57. The molecule has 0 spiro atoms. The van der Waals surface area contributed by atoms with E-state index in [1.165, 1.54) is 19.3 Å². The standard InChI is InChI=1S/C15H29NO/c1-11(7-9-17-5)16-13-14(2,3)12-6-8-15(13,4)10-12/h11-13,16H,6-10H2,1-5H3.